The highest BCUT2D eigenvalue weighted by atomic mass is 31.2. The Morgan fingerprint density at radius 1 is 0.566 bits per heavy atom. The number of rotatable bonds is 40. The van der Waals surface area contributed by atoms with Crippen LogP contribution in [0.25, 0.3) is 0 Å². The van der Waals surface area contributed by atoms with Gasteiger partial charge in [0.25, 0.3) is 0 Å². The predicted octanol–water partition coefficient (Wildman–Crippen LogP) is 11.0. The number of allylic oxidation sites excluding steroid dienone is 4. The number of phosphoric ester groups is 1. The molecule has 0 fully saturated rings. The number of esters is 2. The third-order valence-corrected chi connectivity index (χ3v) is 10.1. The Bertz CT molecular complexity index is 941. The summed E-state index contributed by atoms with van der Waals surface area (Å²) >= 11 is 0. The van der Waals surface area contributed by atoms with Gasteiger partial charge < -0.3 is 24.6 Å². The number of hydrogen-bond acceptors (Lipinski definition) is 9. The van der Waals surface area contributed by atoms with Crippen LogP contribution >= 0.6 is 7.82 Å². The van der Waals surface area contributed by atoms with E-state index in [1.165, 1.54) is 96.3 Å². The summed E-state index contributed by atoms with van der Waals surface area (Å²) in [5.41, 5.74) is 0. The van der Waals surface area contributed by atoms with Crippen molar-refractivity contribution >= 4 is 19.8 Å². The molecule has 0 bridgehead atoms. The van der Waals surface area contributed by atoms with Gasteiger partial charge >= 0.3 is 19.8 Å². The van der Waals surface area contributed by atoms with Gasteiger partial charge in [-0.1, -0.05) is 167 Å². The monoisotopic (exact) mass is 775 g/mol. The molecule has 0 saturated carbocycles. The Morgan fingerprint density at radius 2 is 0.962 bits per heavy atom. The van der Waals surface area contributed by atoms with E-state index in [0.717, 1.165) is 57.8 Å². The number of ether oxygens (including phenoxy) is 2. The van der Waals surface area contributed by atoms with Crippen LogP contribution in [-0.4, -0.2) is 65.7 Å². The Hall–Kier alpha value is -1.55. The standard InChI is InChI=1S/C42H79O10P/c1-3-5-7-9-11-13-15-17-19-21-23-25-27-29-31-33-41(45)49-37-40(38-51-53(47,48)50-36-39(44)35-43)52-42(46)34-32-30-28-26-24-22-20-18-16-14-12-10-8-6-4-2/h13,15,17,19,39-40,43-44H,3-12,14,16,18,20-38H2,1-2H3,(H,47,48)/b15-13+,19-17+/t39-,40+/m0/s1. The van der Waals surface area contributed by atoms with Crippen LogP contribution < -0.4 is 0 Å². The van der Waals surface area contributed by atoms with Crippen molar-refractivity contribution in [2.75, 3.05) is 26.4 Å². The van der Waals surface area contributed by atoms with E-state index in [1.54, 1.807) is 0 Å². The first-order valence-electron chi connectivity index (χ1n) is 21.3. The smallest absolute Gasteiger partial charge is 0.462 e. The fourth-order valence-corrected chi connectivity index (χ4v) is 6.60. The molecule has 0 spiro atoms. The van der Waals surface area contributed by atoms with Gasteiger partial charge in [-0.05, 0) is 38.5 Å². The van der Waals surface area contributed by atoms with Gasteiger partial charge in [0.1, 0.15) is 12.7 Å². The van der Waals surface area contributed by atoms with Crippen LogP contribution in [0.4, 0.5) is 0 Å². The molecule has 0 aliphatic rings. The minimum Gasteiger partial charge on any atom is -0.462 e. The molecular formula is C42H79O10P. The number of aliphatic hydroxyl groups excluding tert-OH is 2. The first-order chi connectivity index (χ1) is 25.7. The number of phosphoric acid groups is 1. The summed E-state index contributed by atoms with van der Waals surface area (Å²) in [5, 5.41) is 18.3. The normalized spacial score (nSPS) is 14.1. The lowest BCUT2D eigenvalue weighted by atomic mass is 10.0. The number of unbranched alkanes of at least 4 members (excludes halogenated alkanes) is 23. The van der Waals surface area contributed by atoms with Gasteiger partial charge in [0.05, 0.1) is 19.8 Å². The van der Waals surface area contributed by atoms with Gasteiger partial charge in [-0.2, -0.15) is 0 Å². The number of hydrogen-bond donors (Lipinski definition) is 3. The maximum absolute atomic E-state index is 12.6. The number of carbonyl (C=O) groups is 2. The number of aliphatic hydroxyl groups is 2. The van der Waals surface area contributed by atoms with Crippen LogP contribution in [0.15, 0.2) is 24.3 Å². The Balaban J connectivity index is 4.32. The second kappa shape index (κ2) is 38.7. The van der Waals surface area contributed by atoms with E-state index in [0.29, 0.717) is 12.8 Å². The second-order valence-corrected chi connectivity index (χ2v) is 15.9. The van der Waals surface area contributed by atoms with E-state index < -0.39 is 51.8 Å². The van der Waals surface area contributed by atoms with Crippen LogP contribution in [0.1, 0.15) is 194 Å². The molecule has 11 heteroatoms. The SMILES string of the molecule is CCCCCC/C=C/C=C/CCCCCCCC(=O)OC[C@H](COP(=O)(O)OC[C@@H](O)CO)OC(=O)CCCCCCCCCCCCCCCCC. The minimum atomic E-state index is -4.61. The average molecular weight is 775 g/mol. The summed E-state index contributed by atoms with van der Waals surface area (Å²) in [5.74, 6) is -0.936. The molecule has 3 atom stereocenters. The molecular weight excluding hydrogens is 695 g/mol. The molecule has 0 heterocycles. The topological polar surface area (TPSA) is 149 Å². The largest absolute Gasteiger partial charge is 0.472 e. The lowest BCUT2D eigenvalue weighted by Gasteiger charge is -2.20. The van der Waals surface area contributed by atoms with Crippen molar-refractivity contribution in [1.29, 1.82) is 0 Å². The quantitative estimate of drug-likeness (QED) is 0.0238. The number of carbonyl (C=O) groups excluding carboxylic acids is 2. The highest BCUT2D eigenvalue weighted by Crippen LogP contribution is 2.43. The molecule has 312 valence electrons. The molecule has 0 radical (unpaired) electrons. The highest BCUT2D eigenvalue weighted by Gasteiger charge is 2.27. The van der Waals surface area contributed by atoms with E-state index in [2.05, 4.69) is 42.7 Å². The maximum Gasteiger partial charge on any atom is 0.472 e. The van der Waals surface area contributed by atoms with Gasteiger partial charge in [0, 0.05) is 12.8 Å². The van der Waals surface area contributed by atoms with Gasteiger partial charge in [-0.15, -0.1) is 0 Å². The van der Waals surface area contributed by atoms with Gasteiger partial charge in [-0.25, -0.2) is 4.57 Å². The van der Waals surface area contributed by atoms with Crippen LogP contribution in [0.5, 0.6) is 0 Å². The van der Waals surface area contributed by atoms with E-state index in [9.17, 15) is 24.2 Å². The fraction of sp³-hybridized carbons (Fsp3) is 0.857. The predicted molar refractivity (Wildman–Crippen MR) is 215 cm³/mol. The molecule has 0 rings (SSSR count). The van der Waals surface area contributed by atoms with Gasteiger partial charge in [-0.3, -0.25) is 18.6 Å². The molecule has 10 nitrogen and oxygen atoms in total. The molecule has 0 aromatic carbocycles. The molecule has 3 N–H and O–H groups in total. The molecule has 0 aliphatic carbocycles. The Labute approximate surface area is 323 Å². The van der Waals surface area contributed by atoms with E-state index in [1.807, 2.05) is 0 Å². The van der Waals surface area contributed by atoms with Crippen LogP contribution in [0, 0.1) is 0 Å². The van der Waals surface area contributed by atoms with Crippen molar-refractivity contribution in [2.45, 2.75) is 206 Å². The van der Waals surface area contributed by atoms with E-state index in [4.69, 9.17) is 19.1 Å². The minimum absolute atomic E-state index is 0.185. The summed E-state index contributed by atoms with van der Waals surface area (Å²) in [4.78, 5) is 34.9. The van der Waals surface area contributed by atoms with Crippen molar-refractivity contribution in [3.8, 4) is 0 Å². The first-order valence-corrected chi connectivity index (χ1v) is 22.8. The summed E-state index contributed by atoms with van der Waals surface area (Å²) in [6.45, 7) is 2.35. The van der Waals surface area contributed by atoms with Crippen molar-refractivity contribution < 1.29 is 47.8 Å². The summed E-state index contributed by atoms with van der Waals surface area (Å²) in [6.07, 6.45) is 37.1. The van der Waals surface area contributed by atoms with Crippen LogP contribution in [-0.2, 0) is 32.7 Å². The molecule has 0 aromatic rings. The van der Waals surface area contributed by atoms with E-state index in [-0.39, 0.29) is 19.4 Å². The molecule has 53 heavy (non-hydrogen) atoms. The molecule has 1 unspecified atom stereocenters. The van der Waals surface area contributed by atoms with Crippen LogP contribution in [0.3, 0.4) is 0 Å². The molecule has 0 amide bonds. The lowest BCUT2D eigenvalue weighted by Crippen LogP contribution is -2.29. The van der Waals surface area contributed by atoms with Gasteiger partial charge in [0.15, 0.2) is 6.10 Å². The zero-order chi connectivity index (χ0) is 39.1. The highest BCUT2D eigenvalue weighted by molar-refractivity contribution is 7.47. The third kappa shape index (κ3) is 38.5. The van der Waals surface area contributed by atoms with Crippen molar-refractivity contribution in [2.24, 2.45) is 0 Å². The summed E-state index contributed by atoms with van der Waals surface area (Å²) in [6, 6.07) is 0. The zero-order valence-corrected chi connectivity index (χ0v) is 34.6. The zero-order valence-electron chi connectivity index (χ0n) is 33.7. The van der Waals surface area contributed by atoms with Crippen molar-refractivity contribution in [3.05, 3.63) is 24.3 Å². The van der Waals surface area contributed by atoms with Crippen molar-refractivity contribution in [1.82, 2.24) is 0 Å². The molecule has 0 aliphatic heterocycles. The van der Waals surface area contributed by atoms with Crippen LogP contribution in [0.2, 0.25) is 0 Å². The van der Waals surface area contributed by atoms with Gasteiger partial charge in [0.2, 0.25) is 0 Å². The molecule has 0 saturated heterocycles. The molecule has 0 aromatic heterocycles. The maximum atomic E-state index is 12.6. The Morgan fingerprint density at radius 3 is 1.43 bits per heavy atom. The summed E-state index contributed by atoms with van der Waals surface area (Å²) in [7, 11) is -4.61. The van der Waals surface area contributed by atoms with E-state index >= 15 is 0 Å². The first kappa shape index (κ1) is 51.5. The fourth-order valence-electron chi connectivity index (χ4n) is 5.81. The third-order valence-electron chi connectivity index (χ3n) is 9.14. The average Bonchev–Trinajstić information content (AvgIpc) is 3.14. The van der Waals surface area contributed by atoms with Crippen molar-refractivity contribution in [3.63, 3.8) is 0 Å². The second-order valence-electron chi connectivity index (χ2n) is 14.4. The lowest BCUT2D eigenvalue weighted by molar-refractivity contribution is -0.161. The summed E-state index contributed by atoms with van der Waals surface area (Å²) < 4.78 is 32.7. The Kier molecular flexibility index (Phi) is 37.6.